The third-order valence-corrected chi connectivity index (χ3v) is 6.34. The number of benzene rings is 4. The molecule has 1 aromatic heterocycles. The minimum atomic E-state index is -0.310. The average molecular weight is 535 g/mol. The average Bonchev–Trinajstić information content (AvgIpc) is 3.43. The lowest BCUT2D eigenvalue weighted by Crippen LogP contribution is -2.27. The number of hydrogen-bond acceptors (Lipinski definition) is 6. The van der Waals surface area contributed by atoms with Gasteiger partial charge >= 0.3 is 0 Å². The van der Waals surface area contributed by atoms with E-state index in [4.69, 9.17) is 14.9 Å². The van der Waals surface area contributed by atoms with Gasteiger partial charge < -0.3 is 30.8 Å². The van der Waals surface area contributed by atoms with E-state index in [-0.39, 0.29) is 30.7 Å². The molecule has 0 saturated heterocycles. The number of amides is 2. The van der Waals surface area contributed by atoms with Gasteiger partial charge in [-0.1, -0.05) is 54.6 Å². The molecule has 5 aromatic rings. The highest BCUT2D eigenvalue weighted by Gasteiger charge is 2.14. The molecule has 0 saturated carbocycles. The van der Waals surface area contributed by atoms with Crippen LogP contribution in [0.1, 0.15) is 32.0 Å². The van der Waals surface area contributed by atoms with E-state index in [2.05, 4.69) is 28.1 Å². The first kappa shape index (κ1) is 26.5. The van der Waals surface area contributed by atoms with Crippen molar-refractivity contribution in [3.8, 4) is 5.75 Å². The van der Waals surface area contributed by atoms with Crippen LogP contribution in [-0.2, 0) is 13.1 Å². The lowest BCUT2D eigenvalue weighted by Gasteiger charge is -2.09. The van der Waals surface area contributed by atoms with E-state index in [1.54, 1.807) is 54.6 Å². The second-order valence-electron chi connectivity index (χ2n) is 9.20. The zero-order valence-electron chi connectivity index (χ0n) is 21.9. The van der Waals surface area contributed by atoms with Crippen molar-refractivity contribution in [1.82, 2.24) is 10.6 Å². The molecule has 0 fully saturated rings. The van der Waals surface area contributed by atoms with Crippen LogP contribution in [0.3, 0.4) is 0 Å². The van der Waals surface area contributed by atoms with Gasteiger partial charge in [-0.25, -0.2) is 0 Å². The number of para-hydroxylation sites is 2. The number of ether oxygens (including phenoxy) is 1. The van der Waals surface area contributed by atoms with Crippen molar-refractivity contribution in [2.24, 2.45) is 0 Å². The minimum Gasteiger partial charge on any atom is -0.492 e. The predicted molar refractivity (Wildman–Crippen MR) is 156 cm³/mol. The Morgan fingerprint density at radius 2 is 1.57 bits per heavy atom. The number of nitrogens with two attached hydrogens (primary N) is 1. The molecule has 1 heterocycles. The van der Waals surface area contributed by atoms with Crippen LogP contribution in [0.15, 0.2) is 108 Å². The molecule has 8 heteroatoms. The molecule has 0 aliphatic heterocycles. The molecule has 0 bridgehead atoms. The van der Waals surface area contributed by atoms with Gasteiger partial charge in [-0.05, 0) is 59.7 Å². The first-order chi connectivity index (χ1) is 19.6. The predicted octanol–water partition coefficient (Wildman–Crippen LogP) is 5.37. The number of nitrogens with one attached hydrogen (secondary N) is 3. The maximum absolute atomic E-state index is 12.7. The van der Waals surface area contributed by atoms with Crippen LogP contribution >= 0.6 is 0 Å². The summed E-state index contributed by atoms with van der Waals surface area (Å²) in [4.78, 5) is 25.2. The van der Waals surface area contributed by atoms with Crippen LogP contribution in [0.25, 0.3) is 11.0 Å². The fourth-order valence-corrected chi connectivity index (χ4v) is 4.25. The van der Waals surface area contributed by atoms with Gasteiger partial charge in [-0.15, -0.1) is 0 Å². The minimum absolute atomic E-state index is 0.250. The molecule has 0 unspecified atom stereocenters. The zero-order valence-corrected chi connectivity index (χ0v) is 21.9. The topological polar surface area (TPSA) is 119 Å². The summed E-state index contributed by atoms with van der Waals surface area (Å²) in [6, 6.07) is 31.6. The van der Waals surface area contributed by atoms with Gasteiger partial charge in [-0.3, -0.25) is 9.59 Å². The molecule has 5 rings (SSSR count). The molecular weight excluding hydrogens is 504 g/mol. The molecule has 4 aromatic carbocycles. The van der Waals surface area contributed by atoms with Gasteiger partial charge in [0.2, 0.25) is 0 Å². The van der Waals surface area contributed by atoms with Gasteiger partial charge in [0.15, 0.2) is 5.76 Å². The number of fused-ring (bicyclic) bond motifs is 1. The van der Waals surface area contributed by atoms with Crippen molar-refractivity contribution in [3.63, 3.8) is 0 Å². The monoisotopic (exact) mass is 534 g/mol. The van der Waals surface area contributed by atoms with Crippen molar-refractivity contribution >= 4 is 34.2 Å². The Hall–Kier alpha value is -5.08. The Kier molecular flexibility index (Phi) is 8.38. The van der Waals surface area contributed by atoms with E-state index in [0.717, 1.165) is 17.5 Å². The summed E-state index contributed by atoms with van der Waals surface area (Å²) in [5.41, 5.74) is 10.4. The van der Waals surface area contributed by atoms with Gasteiger partial charge in [0, 0.05) is 24.0 Å². The zero-order chi connectivity index (χ0) is 27.7. The Bertz CT molecular complexity index is 1600. The molecule has 5 N–H and O–H groups in total. The van der Waals surface area contributed by atoms with Gasteiger partial charge in [0.1, 0.15) is 17.9 Å². The van der Waals surface area contributed by atoms with Crippen molar-refractivity contribution < 1.29 is 18.7 Å². The fourth-order valence-electron chi connectivity index (χ4n) is 4.25. The van der Waals surface area contributed by atoms with Crippen LogP contribution in [0.5, 0.6) is 5.75 Å². The summed E-state index contributed by atoms with van der Waals surface area (Å²) >= 11 is 0. The molecule has 202 valence electrons. The summed E-state index contributed by atoms with van der Waals surface area (Å²) in [5.74, 6) is 0.259. The van der Waals surface area contributed by atoms with E-state index in [0.29, 0.717) is 34.8 Å². The number of anilines is 2. The first-order valence-corrected chi connectivity index (χ1v) is 13.0. The molecular formula is C32H30N4O4. The number of carbonyl (C=O) groups is 2. The molecule has 40 heavy (non-hydrogen) atoms. The number of hydrogen-bond donors (Lipinski definition) is 4. The number of rotatable bonds is 11. The van der Waals surface area contributed by atoms with Gasteiger partial charge in [0.25, 0.3) is 11.8 Å². The van der Waals surface area contributed by atoms with Crippen LogP contribution in [-0.4, -0.2) is 25.0 Å². The molecule has 0 atom stereocenters. The molecule has 0 aliphatic rings. The Morgan fingerprint density at radius 1 is 0.800 bits per heavy atom. The molecule has 0 spiro atoms. The van der Waals surface area contributed by atoms with E-state index >= 15 is 0 Å². The maximum atomic E-state index is 12.7. The third-order valence-electron chi connectivity index (χ3n) is 6.34. The van der Waals surface area contributed by atoms with E-state index < -0.39 is 0 Å². The van der Waals surface area contributed by atoms with Crippen LogP contribution < -0.4 is 26.4 Å². The number of furan rings is 1. The summed E-state index contributed by atoms with van der Waals surface area (Å²) < 4.78 is 11.5. The highest BCUT2D eigenvalue weighted by Crippen LogP contribution is 2.23. The number of nitrogen functional groups attached to an aromatic ring is 1. The quantitative estimate of drug-likeness (QED) is 0.134. The Morgan fingerprint density at radius 3 is 2.38 bits per heavy atom. The van der Waals surface area contributed by atoms with Gasteiger partial charge in [-0.2, -0.15) is 0 Å². The first-order valence-electron chi connectivity index (χ1n) is 13.0. The maximum Gasteiger partial charge on any atom is 0.287 e. The van der Waals surface area contributed by atoms with Crippen molar-refractivity contribution in [2.75, 3.05) is 24.2 Å². The SMILES string of the molecule is Nc1ccccc1NC(=O)c1ccc(OCCNC(=O)c2cc3c(CNCc4ccccc4)cccc3o2)cc1. The lowest BCUT2D eigenvalue weighted by molar-refractivity contribution is 0.0920. The largest absolute Gasteiger partial charge is 0.492 e. The van der Waals surface area contributed by atoms with Gasteiger partial charge in [0.05, 0.1) is 17.9 Å². The number of carbonyl (C=O) groups excluding carboxylic acids is 2. The molecule has 0 aliphatic carbocycles. The van der Waals surface area contributed by atoms with E-state index in [1.165, 1.54) is 5.56 Å². The standard InChI is InChI=1S/C32H30N4O4/c33-27-10-4-5-11-28(27)36-31(37)23-13-15-25(16-14-23)39-18-17-35-32(38)30-19-26-24(9-6-12-29(26)40-30)21-34-20-22-7-2-1-3-8-22/h1-16,19,34H,17-18,20-21,33H2,(H,35,38)(H,36,37). The normalized spacial score (nSPS) is 10.8. The summed E-state index contributed by atoms with van der Waals surface area (Å²) in [5, 5.41) is 9.97. The van der Waals surface area contributed by atoms with E-state index in [9.17, 15) is 9.59 Å². The highest BCUT2D eigenvalue weighted by atomic mass is 16.5. The summed E-state index contributed by atoms with van der Waals surface area (Å²) in [6.07, 6.45) is 0. The van der Waals surface area contributed by atoms with Crippen LogP contribution in [0.2, 0.25) is 0 Å². The fraction of sp³-hybridized carbons (Fsp3) is 0.125. The highest BCUT2D eigenvalue weighted by molar-refractivity contribution is 6.05. The molecule has 8 nitrogen and oxygen atoms in total. The Labute approximate surface area is 232 Å². The van der Waals surface area contributed by atoms with Crippen molar-refractivity contribution in [3.05, 3.63) is 126 Å². The molecule has 0 radical (unpaired) electrons. The smallest absolute Gasteiger partial charge is 0.287 e. The van der Waals surface area contributed by atoms with Crippen molar-refractivity contribution in [1.29, 1.82) is 0 Å². The van der Waals surface area contributed by atoms with Crippen LogP contribution in [0, 0.1) is 0 Å². The second-order valence-corrected chi connectivity index (χ2v) is 9.20. The lowest BCUT2D eigenvalue weighted by atomic mass is 10.1. The van der Waals surface area contributed by atoms with Crippen LogP contribution in [0.4, 0.5) is 11.4 Å². The van der Waals surface area contributed by atoms with Crippen molar-refractivity contribution in [2.45, 2.75) is 13.1 Å². The second kappa shape index (κ2) is 12.6. The molecule has 2 amide bonds. The summed E-state index contributed by atoms with van der Waals surface area (Å²) in [7, 11) is 0. The third kappa shape index (κ3) is 6.67. The van der Waals surface area contributed by atoms with E-state index in [1.807, 2.05) is 36.4 Å². The Balaban J connectivity index is 1.09. The summed E-state index contributed by atoms with van der Waals surface area (Å²) in [6.45, 7) is 1.95.